The highest BCUT2D eigenvalue weighted by atomic mass is 16.5. The van der Waals surface area contributed by atoms with Crippen LogP contribution >= 0.6 is 0 Å². The van der Waals surface area contributed by atoms with Gasteiger partial charge in [0.2, 0.25) is 0 Å². The van der Waals surface area contributed by atoms with E-state index < -0.39 is 36.1 Å². The predicted octanol–water partition coefficient (Wildman–Crippen LogP) is 1.87. The van der Waals surface area contributed by atoms with E-state index in [0.717, 1.165) is 12.0 Å². The summed E-state index contributed by atoms with van der Waals surface area (Å²) in [4.78, 5) is 36.8. The minimum absolute atomic E-state index is 0.0385. The van der Waals surface area contributed by atoms with E-state index in [2.05, 4.69) is 0 Å². The van der Waals surface area contributed by atoms with E-state index in [1.165, 1.54) is 24.0 Å². The third-order valence-electron chi connectivity index (χ3n) is 4.76. The van der Waals surface area contributed by atoms with Crippen LogP contribution in [0.4, 0.5) is 5.69 Å². The third kappa shape index (κ3) is 3.99. The standard InChI is InChI=1S/C22H21NO6/c1-3-14-4-6-15(7-5-14)20-19(13(2)24)21(27)22(28)23(20)16-8-10-17(11-9-16)29-12-18(25)26/h4-11,20,27H,3,12H2,1-2H3,(H,25,26)/p-1. The molecular weight excluding hydrogens is 374 g/mol. The molecule has 1 aliphatic rings. The first-order chi connectivity index (χ1) is 13.8. The second-order valence-electron chi connectivity index (χ2n) is 6.65. The lowest BCUT2D eigenvalue weighted by Gasteiger charge is -2.27. The van der Waals surface area contributed by atoms with Gasteiger partial charge in [-0.25, -0.2) is 0 Å². The number of benzene rings is 2. The van der Waals surface area contributed by atoms with Crippen molar-refractivity contribution in [3.8, 4) is 5.75 Å². The molecule has 0 radical (unpaired) electrons. The van der Waals surface area contributed by atoms with Gasteiger partial charge in [-0.3, -0.25) is 14.5 Å². The zero-order valence-corrected chi connectivity index (χ0v) is 16.0. The van der Waals surface area contributed by atoms with Crippen LogP contribution in [-0.2, 0) is 20.8 Å². The maximum absolute atomic E-state index is 12.8. The molecule has 1 aliphatic heterocycles. The molecule has 2 aromatic carbocycles. The van der Waals surface area contributed by atoms with Crippen molar-refractivity contribution < 1.29 is 29.3 Å². The number of carbonyl (C=O) groups excluding carboxylic acids is 3. The second-order valence-corrected chi connectivity index (χ2v) is 6.65. The van der Waals surface area contributed by atoms with E-state index in [4.69, 9.17) is 4.74 Å². The average molecular weight is 394 g/mol. The predicted molar refractivity (Wildman–Crippen MR) is 103 cm³/mol. The maximum atomic E-state index is 12.8. The Bertz CT molecular complexity index is 975. The van der Waals surface area contributed by atoms with Crippen LogP contribution in [0.3, 0.4) is 0 Å². The third-order valence-corrected chi connectivity index (χ3v) is 4.76. The first kappa shape index (κ1) is 20.1. The lowest BCUT2D eigenvalue weighted by molar-refractivity contribution is -0.307. The second kappa shape index (κ2) is 8.18. The molecule has 0 spiro atoms. The molecule has 1 N–H and O–H groups in total. The number of aliphatic hydroxyl groups is 1. The largest absolute Gasteiger partial charge is 0.546 e. The summed E-state index contributed by atoms with van der Waals surface area (Å²) in [5, 5.41) is 20.9. The monoisotopic (exact) mass is 394 g/mol. The van der Waals surface area contributed by atoms with Gasteiger partial charge in [-0.2, -0.15) is 0 Å². The van der Waals surface area contributed by atoms with Crippen LogP contribution in [0.15, 0.2) is 59.9 Å². The molecule has 0 aliphatic carbocycles. The number of hydrogen-bond donors (Lipinski definition) is 1. The molecule has 0 aromatic heterocycles. The van der Waals surface area contributed by atoms with E-state index in [-0.39, 0.29) is 11.3 Å². The summed E-state index contributed by atoms with van der Waals surface area (Å²) >= 11 is 0. The fourth-order valence-corrected chi connectivity index (χ4v) is 3.33. The zero-order valence-electron chi connectivity index (χ0n) is 16.0. The van der Waals surface area contributed by atoms with Gasteiger partial charge in [-0.15, -0.1) is 0 Å². The van der Waals surface area contributed by atoms with Gasteiger partial charge in [-0.05, 0) is 48.7 Å². The summed E-state index contributed by atoms with van der Waals surface area (Å²) < 4.78 is 5.05. The summed E-state index contributed by atoms with van der Waals surface area (Å²) in [7, 11) is 0. The van der Waals surface area contributed by atoms with E-state index in [0.29, 0.717) is 11.3 Å². The Balaban J connectivity index is 2.00. The number of nitrogens with zero attached hydrogens (tertiary/aromatic N) is 1. The lowest BCUT2D eigenvalue weighted by Crippen LogP contribution is -2.31. The molecule has 150 valence electrons. The summed E-state index contributed by atoms with van der Waals surface area (Å²) in [5.41, 5.74) is 2.28. The molecule has 0 saturated carbocycles. The highest BCUT2D eigenvalue weighted by Gasteiger charge is 2.43. The SMILES string of the molecule is CCc1ccc(C2C(C(C)=O)=C(O)C(=O)N2c2ccc(OCC(=O)[O-])cc2)cc1. The normalized spacial score (nSPS) is 16.3. The van der Waals surface area contributed by atoms with Crippen molar-refractivity contribution in [1.82, 2.24) is 0 Å². The van der Waals surface area contributed by atoms with Crippen LogP contribution in [0.5, 0.6) is 5.75 Å². The Morgan fingerprint density at radius 2 is 1.72 bits per heavy atom. The Labute approximate surface area is 167 Å². The molecule has 1 atom stereocenters. The lowest BCUT2D eigenvalue weighted by atomic mass is 9.95. The van der Waals surface area contributed by atoms with Gasteiger partial charge < -0.3 is 19.7 Å². The van der Waals surface area contributed by atoms with E-state index in [1.807, 2.05) is 31.2 Å². The molecule has 7 heteroatoms. The number of amides is 1. The molecule has 29 heavy (non-hydrogen) atoms. The van der Waals surface area contributed by atoms with Crippen LogP contribution in [-0.4, -0.2) is 29.4 Å². The zero-order chi connectivity index (χ0) is 21.1. The average Bonchev–Trinajstić information content (AvgIpc) is 2.98. The van der Waals surface area contributed by atoms with Crippen LogP contribution in [0, 0.1) is 0 Å². The Hall–Kier alpha value is -3.61. The molecule has 0 bridgehead atoms. The molecule has 0 fully saturated rings. The molecule has 3 rings (SSSR count). The summed E-state index contributed by atoms with van der Waals surface area (Å²) in [6.45, 7) is 2.75. The van der Waals surface area contributed by atoms with E-state index in [9.17, 15) is 24.6 Å². The minimum Gasteiger partial charge on any atom is -0.546 e. The number of Topliss-reactive ketones (excluding diaryl/α,β-unsaturated/α-hetero) is 1. The van der Waals surface area contributed by atoms with Gasteiger partial charge in [-0.1, -0.05) is 31.2 Å². The number of aliphatic hydroxyl groups excluding tert-OH is 1. The Kier molecular flexibility index (Phi) is 5.68. The van der Waals surface area contributed by atoms with Crippen molar-refractivity contribution in [2.45, 2.75) is 26.3 Å². The van der Waals surface area contributed by atoms with Gasteiger partial charge >= 0.3 is 0 Å². The van der Waals surface area contributed by atoms with Crippen molar-refractivity contribution in [2.75, 3.05) is 11.5 Å². The summed E-state index contributed by atoms with van der Waals surface area (Å²) in [5.74, 6) is -2.70. The number of ether oxygens (including phenoxy) is 1. The molecule has 2 aromatic rings. The Morgan fingerprint density at radius 1 is 1.10 bits per heavy atom. The maximum Gasteiger partial charge on any atom is 0.294 e. The van der Waals surface area contributed by atoms with Crippen molar-refractivity contribution in [1.29, 1.82) is 0 Å². The number of rotatable bonds is 7. The first-order valence-corrected chi connectivity index (χ1v) is 9.12. The smallest absolute Gasteiger partial charge is 0.294 e. The first-order valence-electron chi connectivity index (χ1n) is 9.12. The highest BCUT2D eigenvalue weighted by Crippen LogP contribution is 2.41. The molecule has 0 saturated heterocycles. The summed E-state index contributed by atoms with van der Waals surface area (Å²) in [6.07, 6.45) is 0.849. The van der Waals surface area contributed by atoms with E-state index >= 15 is 0 Å². The van der Waals surface area contributed by atoms with Gasteiger partial charge in [0.15, 0.2) is 11.5 Å². The number of anilines is 1. The fraction of sp³-hybridized carbons (Fsp3) is 0.227. The number of aliphatic carboxylic acids is 1. The van der Waals surface area contributed by atoms with Crippen molar-refractivity contribution >= 4 is 23.3 Å². The Morgan fingerprint density at radius 3 is 2.24 bits per heavy atom. The van der Waals surface area contributed by atoms with Crippen LogP contribution in [0.25, 0.3) is 0 Å². The van der Waals surface area contributed by atoms with Gasteiger partial charge in [0.25, 0.3) is 5.91 Å². The topological polar surface area (TPSA) is 107 Å². The number of hydrogen-bond acceptors (Lipinski definition) is 6. The van der Waals surface area contributed by atoms with Crippen molar-refractivity contribution in [3.63, 3.8) is 0 Å². The molecule has 1 amide bonds. The highest BCUT2D eigenvalue weighted by molar-refractivity contribution is 6.16. The number of aryl methyl sites for hydroxylation is 1. The van der Waals surface area contributed by atoms with Crippen molar-refractivity contribution in [3.05, 3.63) is 71.0 Å². The number of ketones is 1. The van der Waals surface area contributed by atoms with Crippen molar-refractivity contribution in [2.24, 2.45) is 0 Å². The van der Waals surface area contributed by atoms with Gasteiger partial charge in [0, 0.05) is 5.69 Å². The van der Waals surface area contributed by atoms with Crippen LogP contribution in [0.2, 0.25) is 0 Å². The minimum atomic E-state index is -1.35. The quantitative estimate of drug-likeness (QED) is 0.768. The molecule has 7 nitrogen and oxygen atoms in total. The number of carbonyl (C=O) groups is 3. The van der Waals surface area contributed by atoms with Gasteiger partial charge in [0.1, 0.15) is 12.4 Å². The molecule has 1 unspecified atom stereocenters. The van der Waals surface area contributed by atoms with Crippen LogP contribution < -0.4 is 14.7 Å². The fourth-order valence-electron chi connectivity index (χ4n) is 3.33. The van der Waals surface area contributed by atoms with Crippen LogP contribution in [0.1, 0.15) is 31.0 Å². The number of carboxylic acids is 1. The van der Waals surface area contributed by atoms with E-state index in [1.54, 1.807) is 12.1 Å². The molecule has 1 heterocycles. The summed E-state index contributed by atoms with van der Waals surface area (Å²) in [6, 6.07) is 12.9. The van der Waals surface area contributed by atoms with Gasteiger partial charge in [0.05, 0.1) is 17.6 Å². The molecular formula is C22H20NO6-. The number of carboxylic acid groups (broad SMARTS) is 1.